The van der Waals surface area contributed by atoms with Gasteiger partial charge in [0, 0.05) is 17.0 Å². The first kappa shape index (κ1) is 18.4. The fourth-order valence-electron chi connectivity index (χ4n) is 2.17. The van der Waals surface area contributed by atoms with Crippen molar-refractivity contribution in [1.29, 1.82) is 0 Å². The van der Waals surface area contributed by atoms with Gasteiger partial charge in [-0.05, 0) is 54.5 Å². The van der Waals surface area contributed by atoms with Crippen molar-refractivity contribution in [3.05, 3.63) is 59.7 Å². The number of amides is 1. The molecule has 0 aromatic heterocycles. The Morgan fingerprint density at radius 1 is 1.17 bits per heavy atom. The number of carbonyl (C=O) groups excluding carboxylic acids is 1. The van der Waals surface area contributed by atoms with Crippen LogP contribution in [0.3, 0.4) is 0 Å². The maximum Gasteiger partial charge on any atom is 0.251 e. The van der Waals surface area contributed by atoms with E-state index in [0.717, 1.165) is 17.7 Å². The molecule has 1 N–H and O–H groups in total. The highest BCUT2D eigenvalue weighted by Crippen LogP contribution is 2.16. The summed E-state index contributed by atoms with van der Waals surface area (Å²) in [7, 11) is 0. The minimum Gasteiger partial charge on any atom is -0.494 e. The first-order valence-electron chi connectivity index (χ1n) is 8.22. The lowest BCUT2D eigenvalue weighted by atomic mass is 10.1. The van der Waals surface area contributed by atoms with Crippen LogP contribution in [0.15, 0.2) is 53.4 Å². The van der Waals surface area contributed by atoms with E-state index in [2.05, 4.69) is 31.3 Å². The van der Waals surface area contributed by atoms with Crippen molar-refractivity contribution >= 4 is 17.7 Å². The van der Waals surface area contributed by atoms with Crippen LogP contribution in [0.25, 0.3) is 0 Å². The van der Waals surface area contributed by atoms with Crippen LogP contribution < -0.4 is 10.1 Å². The van der Waals surface area contributed by atoms with E-state index < -0.39 is 0 Å². The van der Waals surface area contributed by atoms with Gasteiger partial charge in [0.15, 0.2) is 0 Å². The highest BCUT2D eigenvalue weighted by atomic mass is 32.2. The average molecular weight is 343 g/mol. The van der Waals surface area contributed by atoms with E-state index in [-0.39, 0.29) is 5.91 Å². The van der Waals surface area contributed by atoms with Gasteiger partial charge in [-0.1, -0.05) is 32.0 Å². The number of hydrogen-bond acceptors (Lipinski definition) is 3. The van der Waals surface area contributed by atoms with Gasteiger partial charge in [-0.25, -0.2) is 0 Å². The zero-order valence-corrected chi connectivity index (χ0v) is 15.4. The monoisotopic (exact) mass is 343 g/mol. The van der Waals surface area contributed by atoms with E-state index in [9.17, 15) is 4.79 Å². The Morgan fingerprint density at radius 3 is 2.58 bits per heavy atom. The molecule has 0 spiro atoms. The standard InChI is InChI=1S/C20H25NO2S/c1-15(2)11-12-23-18-6-4-5-17(13-18)20(22)21-14-16-7-9-19(24-3)10-8-16/h4-10,13,15H,11-12,14H2,1-3H3,(H,21,22). The summed E-state index contributed by atoms with van der Waals surface area (Å²) in [6, 6.07) is 15.6. The molecule has 0 heterocycles. The Hall–Kier alpha value is -1.94. The minimum atomic E-state index is -0.0850. The molecule has 0 atom stereocenters. The zero-order chi connectivity index (χ0) is 17.4. The third-order valence-electron chi connectivity index (χ3n) is 3.67. The molecular weight excluding hydrogens is 318 g/mol. The minimum absolute atomic E-state index is 0.0850. The van der Waals surface area contributed by atoms with Crippen molar-refractivity contribution in [2.45, 2.75) is 31.7 Å². The van der Waals surface area contributed by atoms with Crippen LogP contribution in [0.4, 0.5) is 0 Å². The summed E-state index contributed by atoms with van der Waals surface area (Å²) in [5.74, 6) is 1.26. The third kappa shape index (κ3) is 5.93. The van der Waals surface area contributed by atoms with Gasteiger partial charge in [-0.2, -0.15) is 0 Å². The summed E-state index contributed by atoms with van der Waals surface area (Å²) in [6.45, 7) is 5.52. The predicted molar refractivity (Wildman–Crippen MR) is 101 cm³/mol. The second-order valence-electron chi connectivity index (χ2n) is 6.09. The van der Waals surface area contributed by atoms with Crippen LogP contribution in [-0.4, -0.2) is 18.8 Å². The Labute approximate surface area is 148 Å². The van der Waals surface area contributed by atoms with Crippen LogP contribution in [0, 0.1) is 5.92 Å². The second kappa shape index (κ2) is 9.38. The summed E-state index contributed by atoms with van der Waals surface area (Å²) in [4.78, 5) is 13.5. The number of benzene rings is 2. The van der Waals surface area contributed by atoms with E-state index >= 15 is 0 Å². The molecule has 2 aromatic rings. The first-order valence-corrected chi connectivity index (χ1v) is 9.45. The van der Waals surface area contributed by atoms with Crippen LogP contribution in [-0.2, 0) is 6.54 Å². The topological polar surface area (TPSA) is 38.3 Å². The van der Waals surface area contributed by atoms with E-state index in [0.29, 0.717) is 24.6 Å². The second-order valence-corrected chi connectivity index (χ2v) is 6.97. The maximum atomic E-state index is 12.3. The van der Waals surface area contributed by atoms with E-state index in [1.807, 2.05) is 36.6 Å². The van der Waals surface area contributed by atoms with Crippen LogP contribution in [0.1, 0.15) is 36.2 Å². The number of carbonyl (C=O) groups is 1. The molecule has 24 heavy (non-hydrogen) atoms. The molecule has 0 aliphatic heterocycles. The molecule has 0 aliphatic rings. The van der Waals surface area contributed by atoms with E-state index in [4.69, 9.17) is 4.74 Å². The number of rotatable bonds is 8. The zero-order valence-electron chi connectivity index (χ0n) is 14.5. The van der Waals surface area contributed by atoms with E-state index in [1.165, 1.54) is 4.90 Å². The van der Waals surface area contributed by atoms with E-state index in [1.54, 1.807) is 17.8 Å². The van der Waals surface area contributed by atoms with Gasteiger partial charge >= 0.3 is 0 Å². The quantitative estimate of drug-likeness (QED) is 0.702. The largest absolute Gasteiger partial charge is 0.494 e. The van der Waals surface area contributed by atoms with Gasteiger partial charge < -0.3 is 10.1 Å². The fraction of sp³-hybridized carbons (Fsp3) is 0.350. The van der Waals surface area contributed by atoms with Crippen LogP contribution in [0.5, 0.6) is 5.75 Å². The van der Waals surface area contributed by atoms with Crippen molar-refractivity contribution in [1.82, 2.24) is 5.32 Å². The molecule has 2 aromatic carbocycles. The molecule has 128 valence electrons. The first-order chi connectivity index (χ1) is 11.6. The number of nitrogens with one attached hydrogen (secondary N) is 1. The van der Waals surface area contributed by atoms with Crippen molar-refractivity contribution in [2.24, 2.45) is 5.92 Å². The molecule has 0 aliphatic carbocycles. The Morgan fingerprint density at radius 2 is 1.92 bits per heavy atom. The van der Waals surface area contributed by atoms with Crippen LogP contribution in [0.2, 0.25) is 0 Å². The van der Waals surface area contributed by atoms with Crippen molar-refractivity contribution in [3.8, 4) is 5.75 Å². The van der Waals surface area contributed by atoms with Crippen molar-refractivity contribution in [2.75, 3.05) is 12.9 Å². The summed E-state index contributed by atoms with van der Waals surface area (Å²) >= 11 is 1.71. The average Bonchev–Trinajstić information content (AvgIpc) is 2.60. The highest BCUT2D eigenvalue weighted by molar-refractivity contribution is 7.98. The molecule has 3 nitrogen and oxygen atoms in total. The molecule has 0 saturated carbocycles. The molecule has 0 bridgehead atoms. The van der Waals surface area contributed by atoms with Gasteiger partial charge in [0.1, 0.15) is 5.75 Å². The predicted octanol–water partition coefficient (Wildman–Crippen LogP) is 4.76. The lowest BCUT2D eigenvalue weighted by molar-refractivity contribution is 0.0950. The Balaban J connectivity index is 1.89. The highest BCUT2D eigenvalue weighted by Gasteiger charge is 2.07. The maximum absolute atomic E-state index is 12.3. The molecule has 2 rings (SSSR count). The SMILES string of the molecule is CSc1ccc(CNC(=O)c2cccc(OCCC(C)C)c2)cc1. The summed E-state index contributed by atoms with van der Waals surface area (Å²) in [5, 5.41) is 2.95. The van der Waals surface area contributed by atoms with Gasteiger partial charge in [0.25, 0.3) is 5.91 Å². The van der Waals surface area contributed by atoms with Crippen LogP contribution >= 0.6 is 11.8 Å². The van der Waals surface area contributed by atoms with Crippen molar-refractivity contribution < 1.29 is 9.53 Å². The normalized spacial score (nSPS) is 10.7. The Bertz CT molecular complexity index is 653. The van der Waals surface area contributed by atoms with Gasteiger partial charge in [0.05, 0.1) is 6.61 Å². The molecule has 0 radical (unpaired) electrons. The Kier molecular flexibility index (Phi) is 7.19. The van der Waals surface area contributed by atoms with Gasteiger partial charge in [-0.3, -0.25) is 4.79 Å². The van der Waals surface area contributed by atoms with Gasteiger partial charge in [0.2, 0.25) is 0 Å². The van der Waals surface area contributed by atoms with Crippen molar-refractivity contribution in [3.63, 3.8) is 0 Å². The molecule has 0 fully saturated rings. The third-order valence-corrected chi connectivity index (χ3v) is 4.42. The number of ether oxygens (including phenoxy) is 1. The number of thioether (sulfide) groups is 1. The molecule has 1 amide bonds. The molecule has 0 saturated heterocycles. The summed E-state index contributed by atoms with van der Waals surface area (Å²) in [5.41, 5.74) is 1.71. The lowest BCUT2D eigenvalue weighted by Crippen LogP contribution is -2.22. The lowest BCUT2D eigenvalue weighted by Gasteiger charge is -2.10. The molecule has 0 unspecified atom stereocenters. The summed E-state index contributed by atoms with van der Waals surface area (Å²) in [6.07, 6.45) is 3.05. The fourth-order valence-corrected chi connectivity index (χ4v) is 2.58. The van der Waals surface area contributed by atoms with Gasteiger partial charge in [-0.15, -0.1) is 11.8 Å². The smallest absolute Gasteiger partial charge is 0.251 e. The molecule has 4 heteroatoms. The number of hydrogen-bond donors (Lipinski definition) is 1. The molecular formula is C20H25NO2S. The summed E-state index contributed by atoms with van der Waals surface area (Å²) < 4.78 is 5.71.